The second-order valence-corrected chi connectivity index (χ2v) is 6.46. The van der Waals surface area contributed by atoms with Crippen molar-refractivity contribution in [1.82, 2.24) is 4.90 Å². The Hall–Kier alpha value is -0.850. The van der Waals surface area contributed by atoms with Crippen LogP contribution < -0.4 is 4.74 Å². The molecule has 0 aromatic heterocycles. The third kappa shape index (κ3) is 7.99. The van der Waals surface area contributed by atoms with Crippen LogP contribution in [0.15, 0.2) is 24.3 Å². The molecule has 0 aliphatic carbocycles. The van der Waals surface area contributed by atoms with Gasteiger partial charge in [0.2, 0.25) is 0 Å². The predicted molar refractivity (Wildman–Crippen MR) is 94.5 cm³/mol. The van der Waals surface area contributed by atoms with Crippen molar-refractivity contribution in [3.05, 3.63) is 29.8 Å². The normalized spacial score (nSPS) is 12.8. The zero-order chi connectivity index (χ0) is 16.6. The molecule has 0 aliphatic heterocycles. The molecule has 1 rings (SSSR count). The fourth-order valence-electron chi connectivity index (χ4n) is 2.33. The average molecular weight is 348 g/mol. The lowest BCUT2D eigenvalue weighted by Crippen LogP contribution is -2.39. The van der Waals surface area contributed by atoms with Gasteiger partial charge < -0.3 is 20.1 Å². The summed E-state index contributed by atoms with van der Waals surface area (Å²) >= 11 is 0. The van der Waals surface area contributed by atoms with Crippen molar-refractivity contribution in [2.75, 3.05) is 39.5 Å². The molecule has 0 amide bonds. The van der Waals surface area contributed by atoms with Gasteiger partial charge in [-0.2, -0.15) is 0 Å². The van der Waals surface area contributed by atoms with E-state index in [2.05, 4.69) is 20.8 Å². The van der Waals surface area contributed by atoms with Gasteiger partial charge in [-0.3, -0.25) is 4.90 Å². The van der Waals surface area contributed by atoms with Crippen LogP contribution in [0.2, 0.25) is 0 Å². The Morgan fingerprint density at radius 3 is 2.17 bits per heavy atom. The molecule has 1 aromatic rings. The van der Waals surface area contributed by atoms with Gasteiger partial charge in [0.05, 0.1) is 13.2 Å². The average Bonchev–Trinajstić information content (AvgIpc) is 2.45. The second kappa shape index (κ2) is 10.8. The monoisotopic (exact) mass is 347 g/mol. The van der Waals surface area contributed by atoms with E-state index in [-0.39, 0.29) is 37.6 Å². The quantitative estimate of drug-likeness (QED) is 0.630. The molecule has 0 aliphatic rings. The van der Waals surface area contributed by atoms with E-state index in [4.69, 9.17) is 14.9 Å². The number of rotatable bonds is 9. The number of hydrogen-bond donors (Lipinski definition) is 3. The molecule has 0 saturated carbocycles. The van der Waals surface area contributed by atoms with Crippen LogP contribution in [0, 0.1) is 0 Å². The molecular weight excluding hydrogens is 318 g/mol. The van der Waals surface area contributed by atoms with Crippen molar-refractivity contribution >= 4 is 12.4 Å². The lowest BCUT2D eigenvalue weighted by Gasteiger charge is -2.25. The molecule has 0 bridgehead atoms. The van der Waals surface area contributed by atoms with E-state index < -0.39 is 6.10 Å². The number of benzene rings is 1. The van der Waals surface area contributed by atoms with Crippen molar-refractivity contribution in [3.63, 3.8) is 0 Å². The fraction of sp³-hybridized carbons (Fsp3) is 0.647. The molecular formula is C17H30ClNO4. The minimum atomic E-state index is -0.675. The highest BCUT2D eigenvalue weighted by molar-refractivity contribution is 5.85. The number of aliphatic hydroxyl groups excluding tert-OH is 3. The number of ether oxygens (including phenoxy) is 1. The van der Waals surface area contributed by atoms with Crippen LogP contribution >= 0.6 is 12.4 Å². The van der Waals surface area contributed by atoms with Gasteiger partial charge in [0.25, 0.3) is 0 Å². The van der Waals surface area contributed by atoms with Crippen LogP contribution in [0.3, 0.4) is 0 Å². The van der Waals surface area contributed by atoms with E-state index in [0.717, 1.165) is 11.3 Å². The Bertz CT molecular complexity index is 431. The maximum absolute atomic E-state index is 10.1. The predicted octanol–water partition coefficient (Wildman–Crippen LogP) is 1.43. The molecule has 1 unspecified atom stereocenters. The molecule has 3 N–H and O–H groups in total. The van der Waals surface area contributed by atoms with E-state index in [1.807, 2.05) is 29.2 Å². The van der Waals surface area contributed by atoms with Gasteiger partial charge in [-0.05, 0) is 17.0 Å². The number of hydrogen-bond acceptors (Lipinski definition) is 5. The van der Waals surface area contributed by atoms with Crippen LogP contribution in [-0.2, 0) is 5.41 Å². The van der Waals surface area contributed by atoms with Gasteiger partial charge in [0.1, 0.15) is 18.5 Å². The molecule has 134 valence electrons. The Kier molecular flexibility index (Phi) is 10.4. The largest absolute Gasteiger partial charge is 0.491 e. The first-order valence-corrected chi connectivity index (χ1v) is 7.73. The van der Waals surface area contributed by atoms with Gasteiger partial charge >= 0.3 is 0 Å². The zero-order valence-electron chi connectivity index (χ0n) is 14.2. The topological polar surface area (TPSA) is 73.2 Å². The lowest BCUT2D eigenvalue weighted by atomic mass is 9.86. The van der Waals surface area contributed by atoms with Crippen LogP contribution in [0.4, 0.5) is 0 Å². The van der Waals surface area contributed by atoms with Crippen molar-refractivity contribution in [1.29, 1.82) is 0 Å². The van der Waals surface area contributed by atoms with Gasteiger partial charge in [-0.15, -0.1) is 12.4 Å². The number of halogens is 1. The highest BCUT2D eigenvalue weighted by Crippen LogP contribution is 2.30. The molecule has 1 atom stereocenters. The van der Waals surface area contributed by atoms with Crippen molar-refractivity contribution in [2.45, 2.75) is 32.3 Å². The van der Waals surface area contributed by atoms with Gasteiger partial charge in [-0.1, -0.05) is 39.0 Å². The first kappa shape index (κ1) is 22.1. The summed E-state index contributed by atoms with van der Waals surface area (Å²) < 4.78 is 5.78. The van der Waals surface area contributed by atoms with Crippen molar-refractivity contribution in [3.8, 4) is 5.75 Å². The highest BCUT2D eigenvalue weighted by Gasteiger charge is 2.19. The van der Waals surface area contributed by atoms with Crippen LogP contribution in [0.25, 0.3) is 0 Å². The maximum Gasteiger partial charge on any atom is 0.123 e. The van der Waals surface area contributed by atoms with E-state index in [1.165, 1.54) is 0 Å². The molecule has 0 saturated heterocycles. The first-order chi connectivity index (χ1) is 10.4. The summed E-state index contributed by atoms with van der Waals surface area (Å²) in [5.41, 5.74) is 1.08. The van der Waals surface area contributed by atoms with Gasteiger partial charge in [0, 0.05) is 19.6 Å². The highest BCUT2D eigenvalue weighted by atomic mass is 35.5. The Labute approximate surface area is 145 Å². The van der Waals surface area contributed by atoms with Gasteiger partial charge in [0.15, 0.2) is 0 Å². The summed E-state index contributed by atoms with van der Waals surface area (Å²) in [6.07, 6.45) is -0.675. The van der Waals surface area contributed by atoms with E-state index >= 15 is 0 Å². The zero-order valence-corrected chi connectivity index (χ0v) is 15.1. The maximum atomic E-state index is 10.1. The third-order valence-corrected chi connectivity index (χ3v) is 3.43. The standard InChI is InChI=1S/C17H29NO4.ClH/c1-17(2,3)15-6-4-5-7-16(15)22-13-14(21)12-18(8-10-19)9-11-20;/h4-7,14,19-21H,8-13H2,1-3H3;1H. The smallest absolute Gasteiger partial charge is 0.123 e. The van der Waals surface area contributed by atoms with Crippen molar-refractivity contribution in [2.24, 2.45) is 0 Å². The molecule has 1 aromatic carbocycles. The van der Waals surface area contributed by atoms with Crippen molar-refractivity contribution < 1.29 is 20.1 Å². The Balaban J connectivity index is 0.00000484. The van der Waals surface area contributed by atoms with E-state index in [1.54, 1.807) is 0 Å². The molecule has 0 radical (unpaired) electrons. The lowest BCUT2D eigenvalue weighted by molar-refractivity contribution is 0.0547. The summed E-state index contributed by atoms with van der Waals surface area (Å²) in [6.45, 7) is 7.76. The summed E-state index contributed by atoms with van der Waals surface area (Å²) in [7, 11) is 0. The molecule has 0 fully saturated rings. The molecule has 6 heteroatoms. The minimum Gasteiger partial charge on any atom is -0.491 e. The summed E-state index contributed by atoms with van der Waals surface area (Å²) in [5, 5.41) is 28.0. The fourth-order valence-corrected chi connectivity index (χ4v) is 2.33. The van der Waals surface area contributed by atoms with E-state index in [9.17, 15) is 5.11 Å². The summed E-state index contributed by atoms with van der Waals surface area (Å²) in [6, 6.07) is 7.84. The Morgan fingerprint density at radius 2 is 1.65 bits per heavy atom. The SMILES string of the molecule is CC(C)(C)c1ccccc1OCC(O)CN(CCO)CCO.Cl. The second-order valence-electron chi connectivity index (χ2n) is 6.46. The number of para-hydroxylation sites is 1. The van der Waals surface area contributed by atoms with E-state index in [0.29, 0.717) is 19.6 Å². The van der Waals surface area contributed by atoms with Crippen LogP contribution in [0.1, 0.15) is 26.3 Å². The minimum absolute atomic E-state index is 0. The van der Waals surface area contributed by atoms with Crippen LogP contribution in [-0.4, -0.2) is 65.8 Å². The number of aliphatic hydroxyl groups is 3. The molecule has 0 heterocycles. The first-order valence-electron chi connectivity index (χ1n) is 7.73. The number of nitrogens with zero attached hydrogens (tertiary/aromatic N) is 1. The molecule has 5 nitrogen and oxygen atoms in total. The third-order valence-electron chi connectivity index (χ3n) is 3.43. The summed E-state index contributed by atoms with van der Waals surface area (Å²) in [4.78, 5) is 1.81. The van der Waals surface area contributed by atoms with Crippen LogP contribution in [0.5, 0.6) is 5.75 Å². The molecule has 23 heavy (non-hydrogen) atoms. The van der Waals surface area contributed by atoms with Gasteiger partial charge in [-0.25, -0.2) is 0 Å². The summed E-state index contributed by atoms with van der Waals surface area (Å²) in [5.74, 6) is 0.782. The Morgan fingerprint density at radius 1 is 1.09 bits per heavy atom. The molecule has 0 spiro atoms.